The second-order valence-corrected chi connectivity index (χ2v) is 10.5. The van der Waals surface area contributed by atoms with Crippen molar-refractivity contribution in [2.75, 3.05) is 6.61 Å². The molecular weight excluding hydrogens is 497 g/mol. The lowest BCUT2D eigenvalue weighted by atomic mass is 9.90. The third-order valence-corrected chi connectivity index (χ3v) is 6.71. The number of para-hydroxylation sites is 1. The number of hydrogen-bond acceptors (Lipinski definition) is 6. The van der Waals surface area contributed by atoms with E-state index in [2.05, 4.69) is 4.52 Å². The van der Waals surface area contributed by atoms with Crippen LogP contribution in [-0.2, 0) is 15.5 Å². The molecule has 0 saturated carbocycles. The molecule has 3 rings (SSSR count). The lowest BCUT2D eigenvalue weighted by Gasteiger charge is -2.27. The molecule has 34 heavy (non-hydrogen) atoms. The van der Waals surface area contributed by atoms with Crippen LogP contribution in [0.15, 0.2) is 82.6 Å². The quantitative estimate of drug-likeness (QED) is 0.228. The minimum Gasteiger partial charge on any atom is -0.457 e. The van der Waals surface area contributed by atoms with Crippen LogP contribution in [-0.4, -0.2) is 27.0 Å². The Kier molecular flexibility index (Phi) is 9.59. The lowest BCUT2D eigenvalue weighted by Crippen LogP contribution is -2.44. The van der Waals surface area contributed by atoms with Crippen molar-refractivity contribution in [2.45, 2.75) is 34.6 Å². The zero-order valence-electron chi connectivity index (χ0n) is 18.2. The average Bonchev–Trinajstić information content (AvgIpc) is 2.79. The maximum Gasteiger partial charge on any atom is 0.469 e. The van der Waals surface area contributed by atoms with Gasteiger partial charge in [0, 0.05) is 20.4 Å². The topological polar surface area (TPSA) is 122 Å². The van der Waals surface area contributed by atoms with Crippen LogP contribution in [0.4, 0.5) is 0 Å². The van der Waals surface area contributed by atoms with Crippen molar-refractivity contribution in [3.63, 3.8) is 0 Å². The minimum absolute atomic E-state index is 0.0262. The van der Waals surface area contributed by atoms with Gasteiger partial charge in [0.2, 0.25) is 0 Å². The first kappa shape index (κ1) is 26.7. The van der Waals surface area contributed by atoms with E-state index >= 15 is 0 Å². The van der Waals surface area contributed by atoms with Gasteiger partial charge in [0.15, 0.2) is 0 Å². The lowest BCUT2D eigenvalue weighted by molar-refractivity contribution is 0.161. The summed E-state index contributed by atoms with van der Waals surface area (Å²) in [4.78, 5) is 19.5. The summed E-state index contributed by atoms with van der Waals surface area (Å²) >= 11 is 8.05. The Morgan fingerprint density at radius 2 is 1.71 bits per heavy atom. The Balaban J connectivity index is 1.59. The number of ether oxygens (including phenoxy) is 1. The van der Waals surface area contributed by atoms with Gasteiger partial charge in [-0.15, -0.1) is 0 Å². The van der Waals surface area contributed by atoms with Crippen LogP contribution < -0.4 is 10.5 Å². The molecule has 3 aromatic rings. The summed E-state index contributed by atoms with van der Waals surface area (Å²) in [5.41, 5.74) is 5.91. The second-order valence-electron chi connectivity index (χ2n) is 7.73. The fraction of sp³-hybridized carbons (Fsp3) is 0.208. The summed E-state index contributed by atoms with van der Waals surface area (Å²) in [7, 11) is -4.63. The number of aryl methyl sites for hydroxylation is 1. The molecule has 1 unspecified atom stereocenters. The zero-order valence-corrected chi connectivity index (χ0v) is 20.7. The molecule has 0 aromatic heterocycles. The number of halogens is 1. The van der Waals surface area contributed by atoms with Crippen LogP contribution >= 0.6 is 31.2 Å². The van der Waals surface area contributed by atoms with Gasteiger partial charge in [0.25, 0.3) is 0 Å². The molecule has 0 heterocycles. The van der Waals surface area contributed by atoms with Crippen molar-refractivity contribution in [3.8, 4) is 11.5 Å². The van der Waals surface area contributed by atoms with Crippen molar-refractivity contribution in [3.05, 3.63) is 90.0 Å². The van der Waals surface area contributed by atoms with Gasteiger partial charge in [0.05, 0.1) is 13.2 Å². The fourth-order valence-corrected chi connectivity index (χ4v) is 4.60. The fourth-order valence-electron chi connectivity index (χ4n) is 3.09. The van der Waals surface area contributed by atoms with Crippen LogP contribution in [0.5, 0.6) is 11.5 Å². The highest BCUT2D eigenvalue weighted by molar-refractivity contribution is 7.99. The van der Waals surface area contributed by atoms with E-state index in [-0.39, 0.29) is 13.0 Å². The maximum absolute atomic E-state index is 10.8. The highest BCUT2D eigenvalue weighted by atomic mass is 35.5. The van der Waals surface area contributed by atoms with E-state index in [0.29, 0.717) is 17.9 Å². The van der Waals surface area contributed by atoms with Crippen LogP contribution in [0.2, 0.25) is 5.02 Å². The summed E-state index contributed by atoms with van der Waals surface area (Å²) in [5.74, 6) is 1.50. The smallest absolute Gasteiger partial charge is 0.457 e. The predicted molar refractivity (Wildman–Crippen MR) is 133 cm³/mol. The Morgan fingerprint density at radius 1 is 1.00 bits per heavy atom. The highest BCUT2D eigenvalue weighted by Gasteiger charge is 2.26. The number of rotatable bonds is 12. The largest absolute Gasteiger partial charge is 0.469 e. The van der Waals surface area contributed by atoms with E-state index in [0.717, 1.165) is 33.5 Å². The normalized spacial score (nSPS) is 13.4. The number of phosphoric ester groups is 1. The van der Waals surface area contributed by atoms with E-state index in [4.69, 9.17) is 31.9 Å². The number of hydrogen-bond donors (Lipinski definition) is 4. The maximum atomic E-state index is 10.8. The van der Waals surface area contributed by atoms with Gasteiger partial charge in [0.1, 0.15) is 11.5 Å². The van der Waals surface area contributed by atoms with E-state index in [1.165, 1.54) is 0 Å². The van der Waals surface area contributed by atoms with E-state index < -0.39 is 13.4 Å². The average molecular weight is 523 g/mol. The second kappa shape index (κ2) is 12.2. The standard InChI is InChI=1S/C24H26ClNO6PS/c25-23-16-22(34-21-8-4-7-20(15-21)32-19-5-2-1-3-6-19)10-9-18(23)11-12-24(26,17-27)13-14-31-33(28,29)30/h1-10,14-16,27H,11-13,17,26H2,(H2,28,29,30). The molecule has 0 aliphatic rings. The molecule has 181 valence electrons. The summed E-state index contributed by atoms with van der Waals surface area (Å²) in [6.07, 6.45) is 0.794. The summed E-state index contributed by atoms with van der Waals surface area (Å²) < 4.78 is 21.0. The highest BCUT2D eigenvalue weighted by Crippen LogP contribution is 2.38. The first-order valence-electron chi connectivity index (χ1n) is 10.4. The Hall–Kier alpha value is -1.87. The van der Waals surface area contributed by atoms with E-state index in [1.54, 1.807) is 11.8 Å². The van der Waals surface area contributed by atoms with E-state index in [1.807, 2.05) is 72.8 Å². The zero-order chi connectivity index (χ0) is 24.6. The molecule has 0 amide bonds. The Bertz CT molecular complexity index is 1130. The number of aliphatic hydroxyl groups excluding tert-OH is 1. The summed E-state index contributed by atoms with van der Waals surface area (Å²) in [5, 5.41) is 10.2. The first-order chi connectivity index (χ1) is 16.2. The molecule has 5 N–H and O–H groups in total. The van der Waals surface area contributed by atoms with Gasteiger partial charge in [-0.2, -0.15) is 0 Å². The van der Waals surface area contributed by atoms with Gasteiger partial charge < -0.3 is 25.4 Å². The van der Waals surface area contributed by atoms with Crippen molar-refractivity contribution in [1.82, 2.24) is 0 Å². The molecule has 10 heteroatoms. The molecule has 1 radical (unpaired) electrons. The number of phosphoric acid groups is 1. The molecule has 0 bridgehead atoms. The molecule has 1 atom stereocenters. The van der Waals surface area contributed by atoms with Crippen LogP contribution in [0.3, 0.4) is 0 Å². The first-order valence-corrected chi connectivity index (χ1v) is 13.1. The van der Waals surface area contributed by atoms with Gasteiger partial charge in [-0.25, -0.2) is 4.57 Å². The van der Waals surface area contributed by atoms with Crippen molar-refractivity contribution in [1.29, 1.82) is 0 Å². The minimum atomic E-state index is -4.63. The van der Waals surface area contributed by atoms with Gasteiger partial charge in [-0.1, -0.05) is 53.7 Å². The molecule has 0 aliphatic carbocycles. The van der Waals surface area contributed by atoms with Crippen molar-refractivity contribution >= 4 is 31.2 Å². The van der Waals surface area contributed by atoms with Crippen LogP contribution in [0.1, 0.15) is 18.4 Å². The molecule has 0 aliphatic heterocycles. The van der Waals surface area contributed by atoms with Gasteiger partial charge in [-0.3, -0.25) is 4.52 Å². The molecule has 0 fully saturated rings. The van der Waals surface area contributed by atoms with Crippen molar-refractivity contribution in [2.24, 2.45) is 5.73 Å². The molecule has 7 nitrogen and oxygen atoms in total. The Morgan fingerprint density at radius 3 is 2.38 bits per heavy atom. The number of aliphatic hydroxyl groups is 1. The summed E-state index contributed by atoms with van der Waals surface area (Å²) in [6, 6.07) is 23.1. The van der Waals surface area contributed by atoms with Crippen molar-refractivity contribution < 1.29 is 28.7 Å². The molecule has 3 aromatic carbocycles. The third-order valence-electron chi connectivity index (χ3n) is 4.95. The summed E-state index contributed by atoms with van der Waals surface area (Å²) in [6.45, 7) is 0.564. The monoisotopic (exact) mass is 522 g/mol. The number of nitrogens with two attached hydrogens (primary N) is 1. The SMILES string of the molecule is NC(CO)(C[CH]OP(=O)(O)O)CCc1ccc(Sc2cccc(Oc3ccccc3)c2)cc1Cl. The molecule has 0 saturated heterocycles. The van der Waals surface area contributed by atoms with Gasteiger partial charge >= 0.3 is 7.82 Å². The van der Waals surface area contributed by atoms with E-state index in [9.17, 15) is 9.67 Å². The molecule has 0 spiro atoms. The van der Waals surface area contributed by atoms with Gasteiger partial charge in [-0.05, 0) is 67.3 Å². The molecular formula is C24H26ClNO6PS. The Labute approximate surface area is 208 Å². The predicted octanol–water partition coefficient (Wildman–Crippen LogP) is 5.57. The third kappa shape index (κ3) is 8.73. The van der Waals surface area contributed by atoms with Crippen LogP contribution in [0, 0.1) is 6.61 Å². The van der Waals surface area contributed by atoms with Crippen LogP contribution in [0.25, 0.3) is 0 Å². The number of benzene rings is 3.